The number of nitrogens with two attached hydrogens (primary N) is 1. The van der Waals surface area contributed by atoms with Gasteiger partial charge in [0.05, 0.1) is 4.90 Å². The third-order valence-corrected chi connectivity index (χ3v) is 4.52. The molecule has 4 nitrogen and oxygen atoms in total. The maximum absolute atomic E-state index is 11.9. The maximum atomic E-state index is 11.9. The third-order valence-electron chi connectivity index (χ3n) is 3.25. The van der Waals surface area contributed by atoms with Gasteiger partial charge in [0.25, 0.3) is 10.0 Å². The average Bonchev–Trinajstić information content (AvgIpc) is 2.77. The summed E-state index contributed by atoms with van der Waals surface area (Å²) < 4.78 is 23.8. The lowest BCUT2D eigenvalue weighted by molar-refractivity contribution is 0.583. The first-order valence-electron chi connectivity index (χ1n) is 5.56. The molecule has 1 aliphatic rings. The molecule has 92 valence electrons. The van der Waals surface area contributed by atoms with Crippen LogP contribution in [0.4, 0.5) is 0 Å². The van der Waals surface area contributed by atoms with E-state index in [4.69, 9.17) is 5.84 Å². The van der Waals surface area contributed by atoms with Crippen LogP contribution in [0.2, 0.25) is 0 Å². The van der Waals surface area contributed by atoms with Crippen molar-refractivity contribution in [2.24, 2.45) is 5.84 Å². The van der Waals surface area contributed by atoms with Gasteiger partial charge in [-0.15, -0.1) is 0 Å². The molecule has 0 bridgehead atoms. The Kier molecular flexibility index (Phi) is 2.48. The van der Waals surface area contributed by atoms with Gasteiger partial charge in [0.2, 0.25) is 0 Å². The fraction of sp³-hybridized carbons (Fsp3) is 0.0769. The summed E-state index contributed by atoms with van der Waals surface area (Å²) in [5, 5.41) is 0. The summed E-state index contributed by atoms with van der Waals surface area (Å²) in [7, 11) is -3.61. The highest BCUT2D eigenvalue weighted by atomic mass is 32.2. The summed E-state index contributed by atoms with van der Waals surface area (Å²) in [4.78, 5) is 2.15. The van der Waals surface area contributed by atoms with Crippen LogP contribution in [0.1, 0.15) is 11.1 Å². The number of sulfonamides is 1. The SMILES string of the molecule is NNS(=O)(=O)c1cccc2c1Cc1ccccc1-2. The Morgan fingerprint density at radius 2 is 1.72 bits per heavy atom. The van der Waals surface area contributed by atoms with Gasteiger partial charge >= 0.3 is 0 Å². The normalized spacial score (nSPS) is 13.2. The molecule has 0 saturated heterocycles. The van der Waals surface area contributed by atoms with Gasteiger partial charge in [-0.2, -0.15) is 4.83 Å². The van der Waals surface area contributed by atoms with Gasteiger partial charge in [-0.05, 0) is 28.3 Å². The summed E-state index contributed by atoms with van der Waals surface area (Å²) in [6.45, 7) is 0. The smallest absolute Gasteiger partial charge is 0.253 e. The average molecular weight is 260 g/mol. The number of hydrogen-bond acceptors (Lipinski definition) is 3. The Hall–Kier alpha value is -1.69. The Morgan fingerprint density at radius 1 is 1.00 bits per heavy atom. The number of hydrogen-bond donors (Lipinski definition) is 2. The van der Waals surface area contributed by atoms with E-state index in [1.807, 2.05) is 35.2 Å². The fourth-order valence-corrected chi connectivity index (χ4v) is 3.33. The lowest BCUT2D eigenvalue weighted by Gasteiger charge is -2.08. The second-order valence-electron chi connectivity index (χ2n) is 4.24. The van der Waals surface area contributed by atoms with E-state index in [0.29, 0.717) is 6.42 Å². The van der Waals surface area contributed by atoms with Crippen molar-refractivity contribution >= 4 is 10.0 Å². The van der Waals surface area contributed by atoms with Crippen LogP contribution < -0.4 is 10.7 Å². The zero-order valence-electron chi connectivity index (χ0n) is 9.55. The van der Waals surface area contributed by atoms with Crippen LogP contribution in [-0.4, -0.2) is 8.42 Å². The molecule has 0 spiro atoms. The first kappa shape index (κ1) is 11.4. The Labute approximate surface area is 105 Å². The monoisotopic (exact) mass is 260 g/mol. The lowest BCUT2D eigenvalue weighted by Crippen LogP contribution is -2.30. The molecular weight excluding hydrogens is 248 g/mol. The predicted octanol–water partition coefficient (Wildman–Crippen LogP) is 1.41. The van der Waals surface area contributed by atoms with Gasteiger partial charge in [-0.25, -0.2) is 8.42 Å². The zero-order valence-corrected chi connectivity index (χ0v) is 10.4. The highest BCUT2D eigenvalue weighted by Gasteiger charge is 2.25. The van der Waals surface area contributed by atoms with Crippen LogP contribution in [0.15, 0.2) is 47.4 Å². The van der Waals surface area contributed by atoms with Gasteiger partial charge in [0, 0.05) is 6.42 Å². The minimum Gasteiger partial charge on any atom is -0.257 e. The molecule has 3 N–H and O–H groups in total. The maximum Gasteiger partial charge on any atom is 0.253 e. The van der Waals surface area contributed by atoms with E-state index < -0.39 is 10.0 Å². The predicted molar refractivity (Wildman–Crippen MR) is 69.2 cm³/mol. The zero-order chi connectivity index (χ0) is 12.8. The Morgan fingerprint density at radius 3 is 2.50 bits per heavy atom. The summed E-state index contributed by atoms with van der Waals surface area (Å²) in [6, 6.07) is 13.2. The summed E-state index contributed by atoms with van der Waals surface area (Å²) in [5.74, 6) is 5.10. The van der Waals surface area contributed by atoms with E-state index in [2.05, 4.69) is 0 Å². The first-order chi connectivity index (χ1) is 8.63. The topological polar surface area (TPSA) is 72.2 Å². The van der Waals surface area contributed by atoms with Crippen molar-refractivity contribution < 1.29 is 8.42 Å². The van der Waals surface area contributed by atoms with E-state index in [9.17, 15) is 8.42 Å². The van der Waals surface area contributed by atoms with Crippen molar-refractivity contribution in [2.45, 2.75) is 11.3 Å². The molecule has 0 atom stereocenters. The minimum absolute atomic E-state index is 0.263. The summed E-state index contributed by atoms with van der Waals surface area (Å²) in [6.07, 6.45) is 0.628. The second kappa shape index (κ2) is 3.91. The molecule has 2 aromatic carbocycles. The molecule has 18 heavy (non-hydrogen) atoms. The van der Waals surface area contributed by atoms with Crippen molar-refractivity contribution in [3.8, 4) is 11.1 Å². The molecule has 0 fully saturated rings. The molecule has 0 unspecified atom stereocenters. The first-order valence-corrected chi connectivity index (χ1v) is 7.04. The lowest BCUT2D eigenvalue weighted by atomic mass is 10.1. The van der Waals surface area contributed by atoms with Crippen LogP contribution in [0, 0.1) is 0 Å². The number of nitrogens with one attached hydrogen (secondary N) is 1. The van der Waals surface area contributed by atoms with Crippen molar-refractivity contribution in [2.75, 3.05) is 0 Å². The van der Waals surface area contributed by atoms with E-state index in [1.165, 1.54) is 0 Å². The van der Waals surface area contributed by atoms with Crippen molar-refractivity contribution in [1.82, 2.24) is 4.83 Å². The van der Waals surface area contributed by atoms with Crippen LogP contribution in [0.25, 0.3) is 11.1 Å². The second-order valence-corrected chi connectivity index (χ2v) is 5.92. The van der Waals surface area contributed by atoms with E-state index in [0.717, 1.165) is 22.3 Å². The van der Waals surface area contributed by atoms with Gasteiger partial charge in [-0.1, -0.05) is 36.4 Å². The van der Waals surface area contributed by atoms with Gasteiger partial charge in [-0.3, -0.25) is 5.84 Å². The van der Waals surface area contributed by atoms with Crippen molar-refractivity contribution in [3.05, 3.63) is 53.6 Å². The van der Waals surface area contributed by atoms with E-state index in [1.54, 1.807) is 12.1 Å². The van der Waals surface area contributed by atoms with Crippen LogP contribution >= 0.6 is 0 Å². The standard InChI is InChI=1S/C13H12N2O2S/c14-15-18(16,17)13-7-3-6-11-10-5-2-1-4-9(10)8-12(11)13/h1-7,15H,8,14H2. The van der Waals surface area contributed by atoms with E-state index >= 15 is 0 Å². The molecular formula is C13H12N2O2S. The molecule has 2 aromatic rings. The Balaban J connectivity index is 2.27. The minimum atomic E-state index is -3.61. The van der Waals surface area contributed by atoms with Gasteiger partial charge in [0.15, 0.2) is 0 Å². The molecule has 0 saturated carbocycles. The molecule has 0 heterocycles. The third kappa shape index (κ3) is 1.56. The number of rotatable bonds is 2. The van der Waals surface area contributed by atoms with E-state index in [-0.39, 0.29) is 4.90 Å². The van der Waals surface area contributed by atoms with Crippen molar-refractivity contribution in [3.63, 3.8) is 0 Å². The van der Waals surface area contributed by atoms with Crippen LogP contribution in [-0.2, 0) is 16.4 Å². The van der Waals surface area contributed by atoms with Crippen LogP contribution in [0.3, 0.4) is 0 Å². The highest BCUT2D eigenvalue weighted by molar-refractivity contribution is 7.89. The fourth-order valence-electron chi connectivity index (χ4n) is 2.44. The highest BCUT2D eigenvalue weighted by Crippen LogP contribution is 2.39. The number of hydrazine groups is 1. The summed E-state index contributed by atoms with van der Waals surface area (Å²) >= 11 is 0. The molecule has 3 rings (SSSR count). The molecule has 0 radical (unpaired) electrons. The summed E-state index contributed by atoms with van der Waals surface area (Å²) in [5.41, 5.74) is 4.03. The van der Waals surface area contributed by atoms with Gasteiger partial charge in [0.1, 0.15) is 0 Å². The molecule has 1 aliphatic carbocycles. The largest absolute Gasteiger partial charge is 0.257 e. The van der Waals surface area contributed by atoms with Crippen LogP contribution in [0.5, 0.6) is 0 Å². The number of fused-ring (bicyclic) bond motifs is 3. The number of benzene rings is 2. The van der Waals surface area contributed by atoms with Crippen molar-refractivity contribution in [1.29, 1.82) is 0 Å². The Bertz CT molecular complexity index is 724. The quantitative estimate of drug-likeness (QED) is 0.540. The molecule has 0 aromatic heterocycles. The molecule has 0 amide bonds. The molecule has 0 aliphatic heterocycles. The van der Waals surface area contributed by atoms with Gasteiger partial charge < -0.3 is 0 Å². The molecule has 5 heteroatoms.